The summed E-state index contributed by atoms with van der Waals surface area (Å²) in [6.07, 6.45) is 0.568. The van der Waals surface area contributed by atoms with Crippen LogP contribution in [-0.4, -0.2) is 23.9 Å². The van der Waals surface area contributed by atoms with E-state index in [-0.39, 0.29) is 18.3 Å². The lowest BCUT2D eigenvalue weighted by Crippen LogP contribution is -2.42. The van der Waals surface area contributed by atoms with Gasteiger partial charge in [0.05, 0.1) is 6.04 Å². The van der Waals surface area contributed by atoms with Crippen molar-refractivity contribution in [1.29, 1.82) is 0 Å². The van der Waals surface area contributed by atoms with E-state index in [0.29, 0.717) is 13.0 Å². The van der Waals surface area contributed by atoms with Crippen LogP contribution in [0, 0.1) is 0 Å². The van der Waals surface area contributed by atoms with Gasteiger partial charge in [0.25, 0.3) is 0 Å². The number of carbonyl (C=O) groups excluding carboxylic acids is 1. The first kappa shape index (κ1) is 17.2. The number of nitrogens with two attached hydrogens (primary N) is 1. The topological polar surface area (TPSA) is 46.3 Å². The number of amides is 1. The summed E-state index contributed by atoms with van der Waals surface area (Å²) in [5, 5.41) is 0. The maximum Gasteiger partial charge on any atom is 0.239 e. The van der Waals surface area contributed by atoms with Crippen molar-refractivity contribution in [2.24, 2.45) is 5.73 Å². The molecule has 0 fully saturated rings. The Hall–Kier alpha value is -1.84. The molecule has 0 aliphatic carbocycles. The van der Waals surface area contributed by atoms with Gasteiger partial charge in [-0.2, -0.15) is 0 Å². The molecule has 2 rings (SSSR count). The van der Waals surface area contributed by atoms with Gasteiger partial charge in [0.2, 0.25) is 5.91 Å². The maximum absolute atomic E-state index is 12.3. The van der Waals surface area contributed by atoms with Crippen molar-refractivity contribution in [3.05, 3.63) is 71.8 Å². The van der Waals surface area contributed by atoms with Gasteiger partial charge >= 0.3 is 0 Å². The molecule has 0 heterocycles. The van der Waals surface area contributed by atoms with Crippen LogP contribution in [0.5, 0.6) is 0 Å². The van der Waals surface area contributed by atoms with Gasteiger partial charge in [0.1, 0.15) is 0 Å². The van der Waals surface area contributed by atoms with E-state index < -0.39 is 6.04 Å². The summed E-state index contributed by atoms with van der Waals surface area (Å²) in [7, 11) is 1.79. The molecule has 2 N–H and O–H groups in total. The highest BCUT2D eigenvalue weighted by Crippen LogP contribution is 2.07. The molecule has 0 saturated carbocycles. The van der Waals surface area contributed by atoms with Crippen LogP contribution >= 0.6 is 12.4 Å². The second-order valence-corrected chi connectivity index (χ2v) is 4.98. The van der Waals surface area contributed by atoms with Crippen molar-refractivity contribution in [3.8, 4) is 0 Å². The molecule has 4 heteroatoms. The normalized spacial score (nSPS) is 11.3. The van der Waals surface area contributed by atoms with Crippen LogP contribution in [0.15, 0.2) is 60.7 Å². The van der Waals surface area contributed by atoms with Gasteiger partial charge in [-0.1, -0.05) is 60.7 Å². The second-order valence-electron chi connectivity index (χ2n) is 4.98. The molecule has 0 unspecified atom stereocenters. The molecule has 112 valence electrons. The van der Waals surface area contributed by atoms with Gasteiger partial charge in [-0.25, -0.2) is 0 Å². The zero-order valence-electron chi connectivity index (χ0n) is 12.1. The first-order chi connectivity index (χ1) is 9.66. The first-order valence-electron chi connectivity index (χ1n) is 6.75. The Bertz CT molecular complexity index is 496. The van der Waals surface area contributed by atoms with E-state index in [0.717, 1.165) is 11.1 Å². The van der Waals surface area contributed by atoms with E-state index in [1.807, 2.05) is 60.7 Å². The van der Waals surface area contributed by atoms with E-state index in [2.05, 4.69) is 0 Å². The Labute approximate surface area is 132 Å². The molecule has 0 radical (unpaired) electrons. The number of nitrogens with zero attached hydrogens (tertiary/aromatic N) is 1. The van der Waals surface area contributed by atoms with E-state index in [4.69, 9.17) is 5.73 Å². The molecule has 0 aromatic heterocycles. The molecule has 0 aliphatic heterocycles. The van der Waals surface area contributed by atoms with Crippen molar-refractivity contribution in [2.75, 3.05) is 7.05 Å². The lowest BCUT2D eigenvalue weighted by atomic mass is 10.1. The molecule has 21 heavy (non-hydrogen) atoms. The predicted octanol–water partition coefficient (Wildman–Crippen LogP) is 2.64. The predicted molar refractivity (Wildman–Crippen MR) is 88.3 cm³/mol. The van der Waals surface area contributed by atoms with Crippen LogP contribution in [0.4, 0.5) is 0 Å². The number of likely N-dealkylation sites (N-methyl/N-ethyl adjacent to an activating group) is 1. The highest BCUT2D eigenvalue weighted by Gasteiger charge is 2.18. The maximum atomic E-state index is 12.3. The third-order valence-electron chi connectivity index (χ3n) is 3.25. The average molecular weight is 305 g/mol. The minimum Gasteiger partial charge on any atom is -0.340 e. The van der Waals surface area contributed by atoms with Crippen molar-refractivity contribution in [1.82, 2.24) is 4.90 Å². The molecule has 2 aromatic rings. The molecule has 0 spiro atoms. The summed E-state index contributed by atoms with van der Waals surface area (Å²) in [6.45, 7) is 0.585. The van der Waals surface area contributed by atoms with Crippen molar-refractivity contribution < 1.29 is 4.79 Å². The summed E-state index contributed by atoms with van der Waals surface area (Å²) in [5.74, 6) is -0.0299. The smallest absolute Gasteiger partial charge is 0.239 e. The number of hydrogen-bond donors (Lipinski definition) is 1. The minimum absolute atomic E-state index is 0. The lowest BCUT2D eigenvalue weighted by Gasteiger charge is -2.21. The van der Waals surface area contributed by atoms with Crippen molar-refractivity contribution in [3.63, 3.8) is 0 Å². The molecular weight excluding hydrogens is 284 g/mol. The largest absolute Gasteiger partial charge is 0.340 e. The Morgan fingerprint density at radius 1 is 1.00 bits per heavy atom. The fourth-order valence-corrected chi connectivity index (χ4v) is 2.17. The van der Waals surface area contributed by atoms with Crippen molar-refractivity contribution >= 4 is 18.3 Å². The minimum atomic E-state index is -0.494. The number of carbonyl (C=O) groups is 1. The summed E-state index contributed by atoms with van der Waals surface area (Å²) in [6, 6.07) is 19.3. The average Bonchev–Trinajstić information content (AvgIpc) is 2.48. The molecule has 0 bridgehead atoms. The van der Waals surface area contributed by atoms with E-state index in [9.17, 15) is 4.79 Å². The number of benzene rings is 2. The van der Waals surface area contributed by atoms with Crippen molar-refractivity contribution in [2.45, 2.75) is 19.0 Å². The molecule has 2 aromatic carbocycles. The highest BCUT2D eigenvalue weighted by molar-refractivity contribution is 5.85. The quantitative estimate of drug-likeness (QED) is 0.923. The Morgan fingerprint density at radius 3 is 2.00 bits per heavy atom. The van der Waals surface area contributed by atoms with Gasteiger partial charge in [-0.3, -0.25) is 4.79 Å². The number of hydrogen-bond acceptors (Lipinski definition) is 2. The van der Waals surface area contributed by atoms with Crippen LogP contribution in [-0.2, 0) is 17.8 Å². The van der Waals surface area contributed by atoms with Gasteiger partial charge in [0, 0.05) is 13.6 Å². The molecule has 1 atom stereocenters. The third kappa shape index (κ3) is 5.21. The van der Waals surface area contributed by atoms with Crippen LogP contribution in [0.1, 0.15) is 11.1 Å². The highest BCUT2D eigenvalue weighted by atomic mass is 35.5. The third-order valence-corrected chi connectivity index (χ3v) is 3.25. The molecule has 1 amide bonds. The summed E-state index contributed by atoms with van der Waals surface area (Å²) >= 11 is 0. The monoisotopic (exact) mass is 304 g/mol. The lowest BCUT2D eigenvalue weighted by molar-refractivity contribution is -0.131. The van der Waals surface area contributed by atoms with Gasteiger partial charge in [0.15, 0.2) is 0 Å². The first-order valence-corrected chi connectivity index (χ1v) is 6.75. The fraction of sp³-hybridized carbons (Fsp3) is 0.235. The second kappa shape index (κ2) is 8.45. The van der Waals surface area contributed by atoms with Crippen LogP contribution < -0.4 is 5.73 Å². The number of halogens is 1. The van der Waals surface area contributed by atoms with E-state index in [1.165, 1.54) is 0 Å². The fourth-order valence-electron chi connectivity index (χ4n) is 2.17. The van der Waals surface area contributed by atoms with Crippen LogP contribution in [0.25, 0.3) is 0 Å². The van der Waals surface area contributed by atoms with Gasteiger partial charge in [-0.15, -0.1) is 12.4 Å². The van der Waals surface area contributed by atoms with Gasteiger partial charge < -0.3 is 10.6 Å². The van der Waals surface area contributed by atoms with E-state index >= 15 is 0 Å². The summed E-state index contributed by atoms with van der Waals surface area (Å²) in [5.41, 5.74) is 8.20. The standard InChI is InChI=1S/C17H20N2O.ClH/c1-19(13-15-10-6-3-7-11-15)17(20)16(18)12-14-8-4-2-5-9-14;/h2-11,16H,12-13,18H2,1H3;1H/t16-;/m0./s1. The van der Waals surface area contributed by atoms with Crippen LogP contribution in [0.2, 0.25) is 0 Å². The number of rotatable bonds is 5. The Balaban J connectivity index is 0.00000220. The molecular formula is C17H21ClN2O. The molecule has 3 nitrogen and oxygen atoms in total. The van der Waals surface area contributed by atoms with Gasteiger partial charge in [-0.05, 0) is 17.5 Å². The Kier molecular flexibility index (Phi) is 6.92. The Morgan fingerprint density at radius 2 is 1.48 bits per heavy atom. The molecule has 0 aliphatic rings. The SMILES string of the molecule is CN(Cc1ccccc1)C(=O)[C@@H](N)Cc1ccccc1.Cl. The molecule has 0 saturated heterocycles. The zero-order chi connectivity index (χ0) is 14.4. The summed E-state index contributed by atoms with van der Waals surface area (Å²) < 4.78 is 0. The van der Waals surface area contributed by atoms with Crippen LogP contribution in [0.3, 0.4) is 0 Å². The van der Waals surface area contributed by atoms with E-state index in [1.54, 1.807) is 11.9 Å². The summed E-state index contributed by atoms with van der Waals surface area (Å²) in [4.78, 5) is 13.9. The zero-order valence-corrected chi connectivity index (χ0v) is 12.9.